The van der Waals surface area contributed by atoms with E-state index in [1.165, 1.54) is 18.3 Å². The van der Waals surface area contributed by atoms with E-state index in [9.17, 15) is 8.42 Å². The lowest BCUT2D eigenvalue weighted by Crippen LogP contribution is -2.13. The number of aromatic nitrogens is 1. The minimum absolute atomic E-state index is 0.0915. The van der Waals surface area contributed by atoms with Gasteiger partial charge in [0, 0.05) is 11.1 Å². The largest absolute Gasteiger partial charge is 0.278 e. The van der Waals surface area contributed by atoms with Crippen molar-refractivity contribution in [3.8, 4) is 0 Å². The fourth-order valence-corrected chi connectivity index (χ4v) is 3.74. The molecule has 0 spiro atoms. The van der Waals surface area contributed by atoms with Crippen molar-refractivity contribution in [1.82, 2.24) is 4.98 Å². The second-order valence-corrected chi connectivity index (χ2v) is 7.22. The van der Waals surface area contributed by atoms with Gasteiger partial charge in [0.15, 0.2) is 0 Å². The predicted molar refractivity (Wildman–Crippen MR) is 82.9 cm³/mol. The summed E-state index contributed by atoms with van der Waals surface area (Å²) < 4.78 is 27.2. The fourth-order valence-electron chi connectivity index (χ4n) is 1.59. The van der Waals surface area contributed by atoms with E-state index in [1.807, 2.05) is 19.1 Å². The standard InChI is InChI=1S/C13H13ClN2O2S2/c1-2-19-12-6-4-3-5-11(12)16-20(17,18)10-7-8-15-13(14)9-10/h3-9,16H,2H2,1H3. The van der Waals surface area contributed by atoms with Gasteiger partial charge in [0.25, 0.3) is 10.0 Å². The van der Waals surface area contributed by atoms with Gasteiger partial charge in [-0.25, -0.2) is 13.4 Å². The third-order valence-corrected chi connectivity index (χ3v) is 4.97. The van der Waals surface area contributed by atoms with Crippen molar-refractivity contribution in [1.29, 1.82) is 0 Å². The van der Waals surface area contributed by atoms with Crippen molar-refractivity contribution < 1.29 is 8.42 Å². The molecule has 0 saturated heterocycles. The Morgan fingerprint density at radius 1 is 1.30 bits per heavy atom. The summed E-state index contributed by atoms with van der Waals surface area (Å²) in [6.45, 7) is 2.01. The molecular weight excluding hydrogens is 316 g/mol. The number of pyridine rings is 1. The Bertz CT molecular complexity index is 705. The first-order valence-corrected chi connectivity index (χ1v) is 8.74. The Hall–Kier alpha value is -1.24. The van der Waals surface area contributed by atoms with Crippen LogP contribution in [0.2, 0.25) is 5.15 Å². The first-order chi connectivity index (χ1) is 9.53. The average molecular weight is 329 g/mol. The zero-order valence-corrected chi connectivity index (χ0v) is 13.1. The topological polar surface area (TPSA) is 59.1 Å². The molecule has 1 aromatic heterocycles. The lowest BCUT2D eigenvalue weighted by Gasteiger charge is -2.11. The van der Waals surface area contributed by atoms with Gasteiger partial charge >= 0.3 is 0 Å². The Labute approximate surface area is 127 Å². The molecule has 0 aliphatic rings. The summed E-state index contributed by atoms with van der Waals surface area (Å²) >= 11 is 7.30. The zero-order valence-electron chi connectivity index (χ0n) is 10.7. The van der Waals surface area contributed by atoms with E-state index < -0.39 is 10.0 Å². The van der Waals surface area contributed by atoms with Gasteiger partial charge in [0.05, 0.1) is 10.6 Å². The maximum absolute atomic E-state index is 12.3. The maximum atomic E-state index is 12.3. The Balaban J connectivity index is 2.34. The number of hydrogen-bond acceptors (Lipinski definition) is 4. The van der Waals surface area contributed by atoms with Crippen LogP contribution in [0.15, 0.2) is 52.4 Å². The van der Waals surface area contributed by atoms with Crippen molar-refractivity contribution in [2.75, 3.05) is 10.5 Å². The summed E-state index contributed by atoms with van der Waals surface area (Å²) in [6, 6.07) is 10.0. The van der Waals surface area contributed by atoms with Crippen LogP contribution < -0.4 is 4.72 Å². The third-order valence-electron chi connectivity index (χ3n) is 2.44. The smallest absolute Gasteiger partial charge is 0.262 e. The van der Waals surface area contributed by atoms with Crippen LogP contribution in [0.3, 0.4) is 0 Å². The van der Waals surface area contributed by atoms with E-state index in [1.54, 1.807) is 23.9 Å². The number of nitrogens with one attached hydrogen (secondary N) is 1. The lowest BCUT2D eigenvalue weighted by atomic mass is 10.3. The van der Waals surface area contributed by atoms with E-state index in [4.69, 9.17) is 11.6 Å². The quantitative estimate of drug-likeness (QED) is 0.672. The summed E-state index contributed by atoms with van der Waals surface area (Å²) in [5, 5.41) is 0.143. The van der Waals surface area contributed by atoms with Gasteiger partial charge in [-0.05, 0) is 30.0 Å². The molecule has 2 aromatic rings. The Kier molecular flexibility index (Phi) is 4.91. The van der Waals surface area contributed by atoms with Crippen molar-refractivity contribution in [3.05, 3.63) is 47.7 Å². The molecule has 0 fully saturated rings. The number of para-hydroxylation sites is 1. The first-order valence-electron chi connectivity index (χ1n) is 5.89. The SMILES string of the molecule is CCSc1ccccc1NS(=O)(=O)c1ccnc(Cl)c1. The molecule has 1 heterocycles. The molecule has 4 nitrogen and oxygen atoms in total. The molecule has 0 aliphatic heterocycles. The van der Waals surface area contributed by atoms with Crippen molar-refractivity contribution in [2.24, 2.45) is 0 Å². The minimum atomic E-state index is -3.66. The van der Waals surface area contributed by atoms with Gasteiger partial charge < -0.3 is 0 Å². The predicted octanol–water partition coefficient (Wildman–Crippen LogP) is 3.65. The average Bonchev–Trinajstić information content (AvgIpc) is 2.41. The van der Waals surface area contributed by atoms with Gasteiger partial charge in [-0.3, -0.25) is 4.72 Å². The summed E-state index contributed by atoms with van der Waals surface area (Å²) in [5.41, 5.74) is 0.562. The summed E-state index contributed by atoms with van der Waals surface area (Å²) in [6.07, 6.45) is 1.36. The molecule has 1 aromatic carbocycles. The van der Waals surface area contributed by atoms with E-state index in [0.717, 1.165) is 10.6 Å². The molecule has 0 aliphatic carbocycles. The number of halogens is 1. The van der Waals surface area contributed by atoms with Gasteiger partial charge in [-0.15, -0.1) is 11.8 Å². The van der Waals surface area contributed by atoms with E-state index in [2.05, 4.69) is 9.71 Å². The van der Waals surface area contributed by atoms with Gasteiger partial charge in [-0.1, -0.05) is 30.7 Å². The maximum Gasteiger partial charge on any atom is 0.262 e. The first kappa shape index (κ1) is 15.2. The monoisotopic (exact) mass is 328 g/mol. The van der Waals surface area contributed by atoms with Crippen molar-refractivity contribution in [3.63, 3.8) is 0 Å². The van der Waals surface area contributed by atoms with Crippen LogP contribution >= 0.6 is 23.4 Å². The number of benzene rings is 1. The van der Waals surface area contributed by atoms with Crippen molar-refractivity contribution >= 4 is 39.1 Å². The normalized spacial score (nSPS) is 11.3. The number of nitrogens with zero attached hydrogens (tertiary/aromatic N) is 1. The number of rotatable bonds is 5. The molecule has 106 valence electrons. The minimum Gasteiger partial charge on any atom is -0.278 e. The highest BCUT2D eigenvalue weighted by atomic mass is 35.5. The molecule has 0 saturated carbocycles. The number of hydrogen-bond donors (Lipinski definition) is 1. The molecule has 7 heteroatoms. The van der Waals surface area contributed by atoms with Crippen LogP contribution in [-0.2, 0) is 10.0 Å². The van der Waals surface area contributed by atoms with Crippen molar-refractivity contribution in [2.45, 2.75) is 16.7 Å². The highest BCUT2D eigenvalue weighted by Gasteiger charge is 2.16. The van der Waals surface area contributed by atoms with Crippen LogP contribution in [0, 0.1) is 0 Å². The second-order valence-electron chi connectivity index (χ2n) is 3.85. The van der Waals surface area contributed by atoms with Gasteiger partial charge in [0.2, 0.25) is 0 Å². The van der Waals surface area contributed by atoms with E-state index in [0.29, 0.717) is 5.69 Å². The molecule has 0 bridgehead atoms. The molecule has 2 rings (SSSR count). The highest BCUT2D eigenvalue weighted by molar-refractivity contribution is 7.99. The Morgan fingerprint density at radius 2 is 2.05 bits per heavy atom. The molecule has 20 heavy (non-hydrogen) atoms. The Morgan fingerprint density at radius 3 is 2.75 bits per heavy atom. The molecule has 0 unspecified atom stereocenters. The fraction of sp³-hybridized carbons (Fsp3) is 0.154. The number of thioether (sulfide) groups is 1. The molecule has 0 radical (unpaired) electrons. The van der Waals surface area contributed by atoms with Gasteiger partial charge in [-0.2, -0.15) is 0 Å². The summed E-state index contributed by atoms with van der Waals surface area (Å²) in [5.74, 6) is 0.861. The highest BCUT2D eigenvalue weighted by Crippen LogP contribution is 2.28. The molecule has 0 amide bonds. The second kappa shape index (κ2) is 6.47. The van der Waals surface area contributed by atoms with E-state index in [-0.39, 0.29) is 10.0 Å². The zero-order chi connectivity index (χ0) is 14.6. The number of anilines is 1. The van der Waals surface area contributed by atoms with E-state index >= 15 is 0 Å². The van der Waals surface area contributed by atoms with Crippen LogP contribution in [0.5, 0.6) is 0 Å². The molecule has 1 N–H and O–H groups in total. The lowest BCUT2D eigenvalue weighted by molar-refractivity contribution is 0.601. The summed E-state index contributed by atoms with van der Waals surface area (Å²) in [4.78, 5) is 4.76. The molecule has 0 atom stereocenters. The third kappa shape index (κ3) is 3.65. The van der Waals surface area contributed by atoms with Crippen LogP contribution in [0.25, 0.3) is 0 Å². The van der Waals surface area contributed by atoms with Crippen LogP contribution in [-0.4, -0.2) is 19.2 Å². The summed E-state index contributed by atoms with van der Waals surface area (Å²) in [7, 11) is -3.66. The van der Waals surface area contributed by atoms with Crippen LogP contribution in [0.1, 0.15) is 6.92 Å². The van der Waals surface area contributed by atoms with Crippen LogP contribution in [0.4, 0.5) is 5.69 Å². The molecular formula is C13H13ClN2O2S2. The number of sulfonamides is 1. The van der Waals surface area contributed by atoms with Gasteiger partial charge in [0.1, 0.15) is 5.15 Å².